The first-order chi connectivity index (χ1) is 13.1. The minimum Gasteiger partial charge on any atom is -0.324 e. The summed E-state index contributed by atoms with van der Waals surface area (Å²) in [5.74, 6) is 1.52. The van der Waals surface area contributed by atoms with E-state index in [4.69, 9.17) is 11.6 Å². The van der Waals surface area contributed by atoms with Gasteiger partial charge in [0, 0.05) is 16.1 Å². The molecule has 0 aliphatic heterocycles. The first-order valence-corrected chi connectivity index (χ1v) is 10.7. The molecule has 1 saturated carbocycles. The van der Waals surface area contributed by atoms with Gasteiger partial charge in [0.25, 0.3) is 0 Å². The van der Waals surface area contributed by atoms with Crippen molar-refractivity contribution in [2.75, 3.05) is 11.1 Å². The number of benzene rings is 2. The van der Waals surface area contributed by atoms with Gasteiger partial charge in [0.05, 0.1) is 16.5 Å². The smallest absolute Gasteiger partial charge is 0.234 e. The lowest BCUT2D eigenvalue weighted by molar-refractivity contribution is -0.113. The molecule has 0 unspecified atom stereocenters. The van der Waals surface area contributed by atoms with Gasteiger partial charge in [-0.25, -0.2) is 0 Å². The average Bonchev–Trinajstić information content (AvgIpc) is 3.42. The molecule has 1 fully saturated rings. The predicted octanol–water partition coefficient (Wildman–Crippen LogP) is 5.29. The molecule has 0 bridgehead atoms. The van der Waals surface area contributed by atoms with E-state index < -0.39 is 0 Å². The molecular formula is C19H16BrClN4OS. The highest BCUT2D eigenvalue weighted by atomic mass is 79.9. The molecule has 5 nitrogen and oxygen atoms in total. The number of nitrogens with zero attached hydrogens (tertiary/aromatic N) is 3. The van der Waals surface area contributed by atoms with Crippen LogP contribution in [0, 0.1) is 0 Å². The Hall–Kier alpha value is -1.83. The molecule has 1 amide bonds. The molecule has 0 radical (unpaired) electrons. The maximum Gasteiger partial charge on any atom is 0.234 e. The molecule has 1 aliphatic carbocycles. The van der Waals surface area contributed by atoms with Crippen molar-refractivity contribution in [1.29, 1.82) is 0 Å². The number of hydrogen-bond donors (Lipinski definition) is 1. The van der Waals surface area contributed by atoms with Gasteiger partial charge in [-0.15, -0.1) is 10.2 Å². The van der Waals surface area contributed by atoms with Crippen molar-refractivity contribution in [3.05, 3.63) is 63.9 Å². The van der Waals surface area contributed by atoms with Crippen LogP contribution in [0.5, 0.6) is 0 Å². The van der Waals surface area contributed by atoms with Crippen LogP contribution >= 0.6 is 39.3 Å². The second kappa shape index (κ2) is 8.04. The fourth-order valence-electron chi connectivity index (χ4n) is 2.71. The number of halogens is 2. The highest BCUT2D eigenvalue weighted by Crippen LogP contribution is 2.41. The van der Waals surface area contributed by atoms with Crippen LogP contribution in [0.25, 0.3) is 5.69 Å². The fraction of sp³-hybridized carbons (Fsp3) is 0.211. The molecule has 1 N–H and O–H groups in total. The Balaban J connectivity index is 1.49. The first kappa shape index (κ1) is 18.5. The van der Waals surface area contributed by atoms with E-state index in [0.29, 0.717) is 16.6 Å². The van der Waals surface area contributed by atoms with Gasteiger partial charge in [0.15, 0.2) is 5.16 Å². The lowest BCUT2D eigenvalue weighted by atomic mass is 10.3. The van der Waals surface area contributed by atoms with Crippen LogP contribution in [0.15, 0.2) is 58.2 Å². The van der Waals surface area contributed by atoms with Gasteiger partial charge in [0.2, 0.25) is 5.91 Å². The summed E-state index contributed by atoms with van der Waals surface area (Å²) >= 11 is 10.9. The van der Waals surface area contributed by atoms with E-state index in [2.05, 4.69) is 36.0 Å². The second-order valence-electron chi connectivity index (χ2n) is 6.25. The van der Waals surface area contributed by atoms with Crippen molar-refractivity contribution >= 4 is 50.9 Å². The fourth-order valence-corrected chi connectivity index (χ4v) is 4.19. The summed E-state index contributed by atoms with van der Waals surface area (Å²) in [5.41, 5.74) is 1.61. The quantitative estimate of drug-likeness (QED) is 0.505. The van der Waals surface area contributed by atoms with E-state index in [9.17, 15) is 4.79 Å². The molecule has 27 heavy (non-hydrogen) atoms. The standard InChI is InChI=1S/C19H16BrClN4OS/c20-13-8-9-16(15(21)10-13)22-17(26)11-27-19-24-23-18(12-6-7-12)25(19)14-4-2-1-3-5-14/h1-5,8-10,12H,6-7,11H2,(H,22,26). The minimum absolute atomic E-state index is 0.139. The van der Waals surface area contributed by atoms with Gasteiger partial charge in [-0.05, 0) is 43.2 Å². The van der Waals surface area contributed by atoms with Crippen LogP contribution in [0.2, 0.25) is 5.02 Å². The van der Waals surface area contributed by atoms with Crippen molar-refractivity contribution < 1.29 is 4.79 Å². The molecular weight excluding hydrogens is 448 g/mol. The molecule has 0 saturated heterocycles. The topological polar surface area (TPSA) is 59.8 Å². The van der Waals surface area contributed by atoms with E-state index in [1.54, 1.807) is 12.1 Å². The Morgan fingerprint density at radius 3 is 2.70 bits per heavy atom. The summed E-state index contributed by atoms with van der Waals surface area (Å²) in [7, 11) is 0. The molecule has 1 aliphatic rings. The number of anilines is 1. The summed E-state index contributed by atoms with van der Waals surface area (Å²) < 4.78 is 2.92. The lowest BCUT2D eigenvalue weighted by Crippen LogP contribution is -2.15. The van der Waals surface area contributed by atoms with Gasteiger partial charge in [-0.1, -0.05) is 57.5 Å². The number of amides is 1. The Kier molecular flexibility index (Phi) is 5.52. The largest absolute Gasteiger partial charge is 0.324 e. The van der Waals surface area contributed by atoms with Crippen molar-refractivity contribution in [3.63, 3.8) is 0 Å². The third kappa shape index (κ3) is 4.36. The average molecular weight is 464 g/mol. The number of rotatable bonds is 6. The Morgan fingerprint density at radius 2 is 2.00 bits per heavy atom. The zero-order valence-corrected chi connectivity index (χ0v) is 17.4. The van der Waals surface area contributed by atoms with Crippen molar-refractivity contribution in [1.82, 2.24) is 14.8 Å². The van der Waals surface area contributed by atoms with Crippen LogP contribution in [-0.2, 0) is 4.79 Å². The zero-order valence-electron chi connectivity index (χ0n) is 14.2. The molecule has 8 heteroatoms. The van der Waals surface area contributed by atoms with Gasteiger partial charge < -0.3 is 5.32 Å². The van der Waals surface area contributed by atoms with Crippen LogP contribution in [0.1, 0.15) is 24.6 Å². The number of nitrogens with one attached hydrogen (secondary N) is 1. The number of thioether (sulfide) groups is 1. The first-order valence-electron chi connectivity index (χ1n) is 8.50. The summed E-state index contributed by atoms with van der Waals surface area (Å²) in [4.78, 5) is 12.4. The van der Waals surface area contributed by atoms with E-state index in [1.165, 1.54) is 11.8 Å². The number of para-hydroxylation sites is 1. The van der Waals surface area contributed by atoms with Gasteiger partial charge in [-0.3, -0.25) is 9.36 Å². The van der Waals surface area contributed by atoms with Crippen LogP contribution in [0.4, 0.5) is 5.69 Å². The van der Waals surface area contributed by atoms with Crippen molar-refractivity contribution in [2.24, 2.45) is 0 Å². The Bertz CT molecular complexity index is 975. The molecule has 0 spiro atoms. The van der Waals surface area contributed by atoms with Gasteiger partial charge in [0.1, 0.15) is 5.82 Å². The molecule has 2 aromatic carbocycles. The Labute approximate surface area is 174 Å². The van der Waals surface area contributed by atoms with Crippen molar-refractivity contribution in [2.45, 2.75) is 23.9 Å². The third-order valence-corrected chi connectivity index (χ3v) is 5.89. The number of hydrogen-bond acceptors (Lipinski definition) is 4. The number of aromatic nitrogens is 3. The summed E-state index contributed by atoms with van der Waals surface area (Å²) in [6, 6.07) is 15.4. The molecule has 4 rings (SSSR count). The second-order valence-corrected chi connectivity index (χ2v) is 8.51. The van der Waals surface area contributed by atoms with Crippen molar-refractivity contribution in [3.8, 4) is 5.69 Å². The maximum absolute atomic E-state index is 12.4. The van der Waals surface area contributed by atoms with E-state index in [0.717, 1.165) is 34.0 Å². The lowest BCUT2D eigenvalue weighted by Gasteiger charge is -2.10. The van der Waals surface area contributed by atoms with Crippen LogP contribution in [-0.4, -0.2) is 26.4 Å². The normalized spacial score (nSPS) is 13.6. The van der Waals surface area contributed by atoms with E-state index in [1.807, 2.05) is 36.4 Å². The molecule has 138 valence electrons. The van der Waals surface area contributed by atoms with Gasteiger partial charge in [-0.2, -0.15) is 0 Å². The highest BCUT2D eigenvalue weighted by Gasteiger charge is 2.31. The summed E-state index contributed by atoms with van der Waals surface area (Å²) in [6.45, 7) is 0. The monoisotopic (exact) mass is 462 g/mol. The van der Waals surface area contributed by atoms with E-state index >= 15 is 0 Å². The molecule has 1 aromatic heterocycles. The van der Waals surface area contributed by atoms with E-state index in [-0.39, 0.29) is 11.7 Å². The van der Waals surface area contributed by atoms with Crippen LogP contribution < -0.4 is 5.32 Å². The summed E-state index contributed by atoms with van der Waals surface area (Å²) in [5, 5.41) is 12.8. The molecule has 0 atom stereocenters. The highest BCUT2D eigenvalue weighted by molar-refractivity contribution is 9.10. The van der Waals surface area contributed by atoms with Gasteiger partial charge >= 0.3 is 0 Å². The number of carbonyl (C=O) groups is 1. The SMILES string of the molecule is O=C(CSc1nnc(C2CC2)n1-c1ccccc1)Nc1ccc(Br)cc1Cl. The third-order valence-electron chi connectivity index (χ3n) is 4.15. The van der Waals surface area contributed by atoms with Crippen LogP contribution in [0.3, 0.4) is 0 Å². The minimum atomic E-state index is -0.139. The molecule has 1 heterocycles. The number of carbonyl (C=O) groups excluding carboxylic acids is 1. The maximum atomic E-state index is 12.4. The Morgan fingerprint density at radius 1 is 1.22 bits per heavy atom. The zero-order chi connectivity index (χ0) is 18.8. The summed E-state index contributed by atoms with van der Waals surface area (Å²) in [6.07, 6.45) is 2.27. The predicted molar refractivity (Wildman–Crippen MR) is 112 cm³/mol. The molecule has 3 aromatic rings.